The molecule has 0 spiro atoms. The molecule has 1 rings (SSSR count). The number of nitro benzene ring substituents is 1. The number of benzene rings is 1. The maximum absolute atomic E-state index is 10.2. The molecule has 0 aromatic heterocycles. The highest BCUT2D eigenvalue weighted by atomic mass is 16.6. The molecule has 53 valence electrons. The van der Waals surface area contributed by atoms with Gasteiger partial charge in [0.05, 0.1) is 4.92 Å². The second-order valence-corrected chi connectivity index (χ2v) is 1.80. The van der Waals surface area contributed by atoms with Gasteiger partial charge in [0.25, 0.3) is 5.69 Å². The molecule has 0 aliphatic rings. The monoisotopic (exact) mass is 147 g/mol. The van der Waals surface area contributed by atoms with Gasteiger partial charge in [0.1, 0.15) is 11.6 Å². The standard InChI is InChI=1S/C7H3N2O2/c8-5-6-3-1-2-4-7(6)9(10)11/h1-2,4H. The molecule has 0 saturated carbocycles. The van der Waals surface area contributed by atoms with Crippen molar-refractivity contribution >= 4 is 5.69 Å². The first-order chi connectivity index (χ1) is 5.25. The van der Waals surface area contributed by atoms with Crippen molar-refractivity contribution in [2.24, 2.45) is 0 Å². The maximum atomic E-state index is 10.2. The van der Waals surface area contributed by atoms with Gasteiger partial charge in [0, 0.05) is 12.1 Å². The number of hydrogen-bond donors (Lipinski definition) is 0. The van der Waals surface area contributed by atoms with Crippen molar-refractivity contribution in [3.8, 4) is 6.07 Å². The molecule has 4 heteroatoms. The molecule has 1 radical (unpaired) electrons. The maximum Gasteiger partial charge on any atom is 0.287 e. The van der Waals surface area contributed by atoms with Crippen molar-refractivity contribution in [2.75, 3.05) is 0 Å². The first kappa shape index (κ1) is 7.22. The van der Waals surface area contributed by atoms with E-state index in [-0.39, 0.29) is 11.3 Å². The SMILES string of the molecule is N#Cc1[c]cccc1[N+](=O)[O-]. The summed E-state index contributed by atoms with van der Waals surface area (Å²) in [6.07, 6.45) is 0. The molecular formula is C7H3N2O2. The molecule has 0 fully saturated rings. The largest absolute Gasteiger partial charge is 0.287 e. The molecule has 0 unspecified atom stereocenters. The minimum Gasteiger partial charge on any atom is -0.258 e. The number of nitrogens with zero attached hydrogens (tertiary/aromatic N) is 2. The van der Waals surface area contributed by atoms with Crippen molar-refractivity contribution in [1.29, 1.82) is 5.26 Å². The van der Waals surface area contributed by atoms with E-state index in [9.17, 15) is 10.1 Å². The van der Waals surface area contributed by atoms with E-state index < -0.39 is 4.92 Å². The van der Waals surface area contributed by atoms with E-state index in [1.807, 2.05) is 0 Å². The van der Waals surface area contributed by atoms with Crippen LogP contribution in [-0.4, -0.2) is 4.92 Å². The lowest BCUT2D eigenvalue weighted by Gasteiger charge is -1.90. The Balaban J connectivity index is 3.26. The van der Waals surface area contributed by atoms with E-state index in [2.05, 4.69) is 6.07 Å². The minimum atomic E-state index is -0.602. The van der Waals surface area contributed by atoms with Gasteiger partial charge in [0.15, 0.2) is 0 Å². The molecule has 4 nitrogen and oxygen atoms in total. The molecule has 0 heterocycles. The fourth-order valence-corrected chi connectivity index (χ4v) is 0.670. The normalized spacial score (nSPS) is 8.64. The third kappa shape index (κ3) is 1.33. The van der Waals surface area contributed by atoms with Crippen molar-refractivity contribution in [3.05, 3.63) is 39.9 Å². The van der Waals surface area contributed by atoms with Crippen LogP contribution >= 0.6 is 0 Å². The van der Waals surface area contributed by atoms with Gasteiger partial charge in [-0.2, -0.15) is 5.26 Å². The topological polar surface area (TPSA) is 66.9 Å². The van der Waals surface area contributed by atoms with Crippen LogP contribution in [0.15, 0.2) is 18.2 Å². The van der Waals surface area contributed by atoms with E-state index in [0.717, 1.165) is 0 Å². The number of hydrogen-bond acceptors (Lipinski definition) is 3. The fraction of sp³-hybridized carbons (Fsp3) is 0. The van der Waals surface area contributed by atoms with E-state index in [4.69, 9.17) is 5.26 Å². The van der Waals surface area contributed by atoms with Crippen LogP contribution in [0.25, 0.3) is 0 Å². The van der Waals surface area contributed by atoms with Crippen LogP contribution in [0.2, 0.25) is 0 Å². The van der Waals surface area contributed by atoms with Crippen molar-refractivity contribution in [3.63, 3.8) is 0 Å². The molecule has 0 atom stereocenters. The minimum absolute atomic E-state index is 0.0301. The fourth-order valence-electron chi connectivity index (χ4n) is 0.670. The Morgan fingerprint density at radius 1 is 1.73 bits per heavy atom. The smallest absolute Gasteiger partial charge is 0.258 e. The van der Waals surface area contributed by atoms with Gasteiger partial charge in [-0.05, 0) is 0 Å². The van der Waals surface area contributed by atoms with Crippen LogP contribution in [0, 0.1) is 27.5 Å². The highest BCUT2D eigenvalue weighted by Gasteiger charge is 2.10. The van der Waals surface area contributed by atoms with Crippen LogP contribution in [0.4, 0.5) is 5.69 Å². The molecule has 0 aliphatic heterocycles. The summed E-state index contributed by atoms with van der Waals surface area (Å²) in [6.45, 7) is 0. The summed E-state index contributed by atoms with van der Waals surface area (Å²) in [5.41, 5.74) is -0.229. The van der Waals surface area contributed by atoms with Gasteiger partial charge in [0.2, 0.25) is 0 Å². The van der Waals surface area contributed by atoms with Crippen molar-refractivity contribution in [1.82, 2.24) is 0 Å². The van der Waals surface area contributed by atoms with Crippen LogP contribution < -0.4 is 0 Å². The Kier molecular flexibility index (Phi) is 1.83. The summed E-state index contributed by atoms with van der Waals surface area (Å²) in [5, 5.41) is 18.6. The zero-order valence-electron chi connectivity index (χ0n) is 5.44. The number of nitro groups is 1. The quantitative estimate of drug-likeness (QED) is 0.443. The molecule has 0 amide bonds. The molecule has 0 aliphatic carbocycles. The van der Waals surface area contributed by atoms with Crippen LogP contribution in [0.5, 0.6) is 0 Å². The van der Waals surface area contributed by atoms with Crippen molar-refractivity contribution < 1.29 is 4.92 Å². The van der Waals surface area contributed by atoms with Gasteiger partial charge in [-0.15, -0.1) is 0 Å². The second kappa shape index (κ2) is 2.80. The molecule has 0 N–H and O–H groups in total. The Hall–Kier alpha value is -1.89. The Labute approximate surface area is 62.8 Å². The summed E-state index contributed by atoms with van der Waals surface area (Å²) in [7, 11) is 0. The molecule has 11 heavy (non-hydrogen) atoms. The first-order valence-electron chi connectivity index (χ1n) is 2.81. The molecular weight excluding hydrogens is 144 g/mol. The van der Waals surface area contributed by atoms with Gasteiger partial charge in [-0.3, -0.25) is 10.1 Å². The predicted octanol–water partition coefficient (Wildman–Crippen LogP) is 1.27. The van der Waals surface area contributed by atoms with E-state index in [1.165, 1.54) is 18.2 Å². The summed E-state index contributed by atoms with van der Waals surface area (Å²) in [6, 6.07) is 8.35. The number of rotatable bonds is 1. The Morgan fingerprint density at radius 2 is 2.45 bits per heavy atom. The Morgan fingerprint density at radius 3 is 2.91 bits per heavy atom. The molecule has 1 aromatic rings. The lowest BCUT2D eigenvalue weighted by molar-refractivity contribution is -0.385. The highest BCUT2D eigenvalue weighted by Crippen LogP contribution is 2.14. The predicted molar refractivity (Wildman–Crippen MR) is 36.6 cm³/mol. The molecule has 0 bridgehead atoms. The highest BCUT2D eigenvalue weighted by molar-refractivity contribution is 5.46. The number of nitriles is 1. The third-order valence-electron chi connectivity index (χ3n) is 1.14. The van der Waals surface area contributed by atoms with Crippen molar-refractivity contribution in [2.45, 2.75) is 0 Å². The first-order valence-corrected chi connectivity index (χ1v) is 2.81. The third-order valence-corrected chi connectivity index (χ3v) is 1.14. The summed E-state index contributed by atoms with van der Waals surface area (Å²) in [5.74, 6) is 0. The second-order valence-electron chi connectivity index (χ2n) is 1.80. The zero-order valence-corrected chi connectivity index (χ0v) is 5.44. The van der Waals surface area contributed by atoms with Gasteiger partial charge in [-0.1, -0.05) is 12.1 Å². The van der Waals surface area contributed by atoms with E-state index in [0.29, 0.717) is 0 Å². The lowest BCUT2D eigenvalue weighted by Crippen LogP contribution is -1.90. The van der Waals surface area contributed by atoms with Gasteiger partial charge >= 0.3 is 0 Å². The van der Waals surface area contributed by atoms with Crippen LogP contribution in [-0.2, 0) is 0 Å². The average Bonchev–Trinajstić information content (AvgIpc) is 2.04. The van der Waals surface area contributed by atoms with Gasteiger partial charge in [-0.25, -0.2) is 0 Å². The van der Waals surface area contributed by atoms with E-state index in [1.54, 1.807) is 6.07 Å². The van der Waals surface area contributed by atoms with Crippen LogP contribution in [0.3, 0.4) is 0 Å². The zero-order chi connectivity index (χ0) is 8.27. The Bertz CT molecular complexity index is 327. The summed E-state index contributed by atoms with van der Waals surface area (Å²) in [4.78, 5) is 9.61. The van der Waals surface area contributed by atoms with E-state index >= 15 is 0 Å². The lowest BCUT2D eigenvalue weighted by atomic mass is 10.2. The van der Waals surface area contributed by atoms with Gasteiger partial charge < -0.3 is 0 Å². The van der Waals surface area contributed by atoms with Crippen LogP contribution in [0.1, 0.15) is 5.56 Å². The summed E-state index contributed by atoms with van der Waals surface area (Å²) < 4.78 is 0. The molecule has 1 aromatic carbocycles. The summed E-state index contributed by atoms with van der Waals surface area (Å²) >= 11 is 0. The average molecular weight is 147 g/mol. The molecule has 0 saturated heterocycles.